The molecule has 1 aromatic heterocycles. The highest BCUT2D eigenvalue weighted by atomic mass is 16.6. The maximum Gasteiger partial charge on any atom is 0.270 e. The summed E-state index contributed by atoms with van der Waals surface area (Å²) in [5.41, 5.74) is 3.93. The minimum absolute atomic E-state index is 0.0231. The topological polar surface area (TPSA) is 79.5 Å². The van der Waals surface area contributed by atoms with Crippen LogP contribution < -0.4 is 0 Å². The van der Waals surface area contributed by atoms with Crippen molar-refractivity contribution >= 4 is 16.5 Å². The molecular weight excluding hydrogens is 390 g/mol. The van der Waals surface area contributed by atoms with Crippen LogP contribution in [-0.4, -0.2) is 26.5 Å². The van der Waals surface area contributed by atoms with Crippen LogP contribution in [0.25, 0.3) is 10.8 Å². The molecule has 154 valence electrons. The van der Waals surface area contributed by atoms with Crippen molar-refractivity contribution in [3.63, 3.8) is 0 Å². The van der Waals surface area contributed by atoms with Crippen LogP contribution in [0, 0.1) is 10.1 Å². The summed E-state index contributed by atoms with van der Waals surface area (Å²) in [5, 5.41) is 23.9. The molecule has 1 aliphatic heterocycles. The SMILES string of the molecule is O=[N+]([O-])c1ccc(O)c(CN2CCc3ccccc3[C@@H]2c2nccc3ccccc23)c1. The summed E-state index contributed by atoms with van der Waals surface area (Å²) in [6, 6.07) is 22.6. The Labute approximate surface area is 179 Å². The molecule has 0 unspecified atom stereocenters. The molecule has 4 aromatic rings. The van der Waals surface area contributed by atoms with Gasteiger partial charge in [-0.2, -0.15) is 0 Å². The lowest BCUT2D eigenvalue weighted by Gasteiger charge is -2.37. The number of nitro groups is 1. The van der Waals surface area contributed by atoms with Gasteiger partial charge in [-0.1, -0.05) is 48.5 Å². The highest BCUT2D eigenvalue weighted by Crippen LogP contribution is 2.39. The zero-order valence-corrected chi connectivity index (χ0v) is 16.8. The number of non-ortho nitro benzene ring substituents is 1. The summed E-state index contributed by atoms with van der Waals surface area (Å²) in [6.07, 6.45) is 2.70. The smallest absolute Gasteiger partial charge is 0.270 e. The number of phenols is 1. The Hall–Kier alpha value is -3.77. The van der Waals surface area contributed by atoms with Gasteiger partial charge in [-0.3, -0.25) is 20.0 Å². The van der Waals surface area contributed by atoms with Gasteiger partial charge in [-0.25, -0.2) is 0 Å². The van der Waals surface area contributed by atoms with Gasteiger partial charge in [-0.05, 0) is 35.1 Å². The van der Waals surface area contributed by atoms with E-state index in [1.54, 1.807) is 0 Å². The van der Waals surface area contributed by atoms with Crippen LogP contribution in [0.4, 0.5) is 5.69 Å². The van der Waals surface area contributed by atoms with Crippen molar-refractivity contribution in [2.24, 2.45) is 0 Å². The van der Waals surface area contributed by atoms with Crippen molar-refractivity contribution < 1.29 is 10.0 Å². The van der Waals surface area contributed by atoms with E-state index in [1.807, 2.05) is 30.5 Å². The fraction of sp³-hybridized carbons (Fsp3) is 0.160. The molecule has 1 atom stereocenters. The molecule has 0 fully saturated rings. The van der Waals surface area contributed by atoms with Crippen molar-refractivity contribution in [1.29, 1.82) is 0 Å². The van der Waals surface area contributed by atoms with Crippen molar-refractivity contribution in [3.05, 3.63) is 111 Å². The molecule has 5 rings (SSSR count). The van der Waals surface area contributed by atoms with E-state index in [9.17, 15) is 15.2 Å². The van der Waals surface area contributed by atoms with E-state index in [0.29, 0.717) is 12.1 Å². The van der Waals surface area contributed by atoms with Gasteiger partial charge < -0.3 is 5.11 Å². The first-order chi connectivity index (χ1) is 15.1. The van der Waals surface area contributed by atoms with Gasteiger partial charge in [0.25, 0.3) is 5.69 Å². The van der Waals surface area contributed by atoms with Crippen LogP contribution in [-0.2, 0) is 13.0 Å². The number of aromatic hydroxyl groups is 1. The zero-order chi connectivity index (χ0) is 21.4. The molecule has 0 radical (unpaired) electrons. The van der Waals surface area contributed by atoms with Crippen molar-refractivity contribution in [2.75, 3.05) is 6.54 Å². The van der Waals surface area contributed by atoms with Gasteiger partial charge in [0.2, 0.25) is 0 Å². The summed E-state index contributed by atoms with van der Waals surface area (Å²) < 4.78 is 0. The molecule has 1 aliphatic rings. The predicted molar refractivity (Wildman–Crippen MR) is 119 cm³/mol. The number of hydrogen-bond donors (Lipinski definition) is 1. The number of pyridine rings is 1. The van der Waals surface area contributed by atoms with E-state index in [-0.39, 0.29) is 17.5 Å². The average molecular weight is 411 g/mol. The Kier molecular flexibility index (Phi) is 4.84. The molecule has 0 bridgehead atoms. The van der Waals surface area contributed by atoms with Gasteiger partial charge >= 0.3 is 0 Å². The Morgan fingerprint density at radius 3 is 2.74 bits per heavy atom. The summed E-state index contributed by atoms with van der Waals surface area (Å²) >= 11 is 0. The lowest BCUT2D eigenvalue weighted by molar-refractivity contribution is -0.385. The quantitative estimate of drug-likeness (QED) is 0.378. The monoisotopic (exact) mass is 411 g/mol. The molecule has 6 heteroatoms. The molecule has 0 amide bonds. The second kappa shape index (κ2) is 7.81. The summed E-state index contributed by atoms with van der Waals surface area (Å²) in [4.78, 5) is 17.8. The Morgan fingerprint density at radius 1 is 1.06 bits per heavy atom. The lowest BCUT2D eigenvalue weighted by atomic mass is 9.88. The summed E-state index contributed by atoms with van der Waals surface area (Å²) in [6.45, 7) is 1.14. The standard InChI is InChI=1S/C25H21N3O3/c29-23-10-9-20(28(30)31)15-19(23)16-27-14-12-18-6-2-4-8-22(18)25(27)24-21-7-3-1-5-17(21)11-13-26-24/h1-11,13,15,25,29H,12,14,16H2/t25-/m1/s1. The van der Waals surface area contributed by atoms with Crippen LogP contribution in [0.3, 0.4) is 0 Å². The molecule has 0 saturated carbocycles. The van der Waals surface area contributed by atoms with Crippen molar-refractivity contribution in [1.82, 2.24) is 9.88 Å². The molecule has 3 aromatic carbocycles. The largest absolute Gasteiger partial charge is 0.508 e. The first-order valence-electron chi connectivity index (χ1n) is 10.2. The van der Waals surface area contributed by atoms with Gasteiger partial charge in [0, 0.05) is 42.4 Å². The fourth-order valence-electron chi connectivity index (χ4n) is 4.50. The van der Waals surface area contributed by atoms with E-state index in [2.05, 4.69) is 35.2 Å². The number of rotatable bonds is 4. The number of nitro benzene ring substituents is 1. The first kappa shape index (κ1) is 19.2. The minimum Gasteiger partial charge on any atom is -0.508 e. The average Bonchev–Trinajstić information content (AvgIpc) is 2.80. The van der Waals surface area contributed by atoms with E-state index < -0.39 is 4.92 Å². The van der Waals surface area contributed by atoms with Gasteiger partial charge in [0.1, 0.15) is 5.75 Å². The molecule has 2 heterocycles. The number of nitrogens with zero attached hydrogens (tertiary/aromatic N) is 3. The second-order valence-electron chi connectivity index (χ2n) is 7.81. The Balaban J connectivity index is 1.64. The van der Waals surface area contributed by atoms with Crippen LogP contribution >= 0.6 is 0 Å². The Morgan fingerprint density at radius 2 is 1.87 bits per heavy atom. The third kappa shape index (κ3) is 3.51. The molecule has 31 heavy (non-hydrogen) atoms. The second-order valence-corrected chi connectivity index (χ2v) is 7.81. The van der Waals surface area contributed by atoms with Crippen molar-refractivity contribution in [2.45, 2.75) is 19.0 Å². The number of fused-ring (bicyclic) bond motifs is 2. The maximum absolute atomic E-state index is 11.3. The zero-order valence-electron chi connectivity index (χ0n) is 16.8. The number of benzene rings is 3. The van der Waals surface area contributed by atoms with E-state index in [4.69, 9.17) is 4.98 Å². The maximum atomic E-state index is 11.3. The van der Waals surface area contributed by atoms with Crippen LogP contribution in [0.2, 0.25) is 0 Å². The number of aromatic nitrogens is 1. The fourth-order valence-corrected chi connectivity index (χ4v) is 4.50. The summed E-state index contributed by atoms with van der Waals surface area (Å²) in [7, 11) is 0. The number of hydrogen-bond acceptors (Lipinski definition) is 5. The van der Waals surface area contributed by atoms with Gasteiger partial charge in [0.05, 0.1) is 16.7 Å². The molecule has 0 aliphatic carbocycles. The normalized spacial score (nSPS) is 16.2. The number of phenolic OH excluding ortho intramolecular Hbond substituents is 1. The molecule has 1 N–H and O–H groups in total. The highest BCUT2D eigenvalue weighted by Gasteiger charge is 2.31. The first-order valence-corrected chi connectivity index (χ1v) is 10.2. The molecule has 6 nitrogen and oxygen atoms in total. The van der Waals surface area contributed by atoms with E-state index in [0.717, 1.165) is 29.4 Å². The van der Waals surface area contributed by atoms with E-state index in [1.165, 1.54) is 29.3 Å². The van der Waals surface area contributed by atoms with E-state index >= 15 is 0 Å². The molecule has 0 saturated heterocycles. The molecular formula is C25H21N3O3. The minimum atomic E-state index is -0.432. The molecule has 0 spiro atoms. The van der Waals surface area contributed by atoms with Crippen molar-refractivity contribution in [3.8, 4) is 5.75 Å². The third-order valence-corrected chi connectivity index (χ3v) is 5.99. The predicted octanol–water partition coefficient (Wildman–Crippen LogP) is 5.00. The van der Waals surface area contributed by atoms with Crippen LogP contribution in [0.15, 0.2) is 79.0 Å². The lowest BCUT2D eigenvalue weighted by Crippen LogP contribution is -2.36. The Bertz CT molecular complexity index is 1280. The van der Waals surface area contributed by atoms with Crippen LogP contribution in [0.5, 0.6) is 5.75 Å². The third-order valence-electron chi connectivity index (χ3n) is 5.99. The van der Waals surface area contributed by atoms with Crippen LogP contribution in [0.1, 0.15) is 28.4 Å². The van der Waals surface area contributed by atoms with Gasteiger partial charge in [0.15, 0.2) is 0 Å². The van der Waals surface area contributed by atoms with Gasteiger partial charge in [-0.15, -0.1) is 0 Å². The highest BCUT2D eigenvalue weighted by molar-refractivity contribution is 5.85. The summed E-state index contributed by atoms with van der Waals surface area (Å²) in [5.74, 6) is 0.0640.